The lowest BCUT2D eigenvalue weighted by atomic mass is 9.84. The smallest absolute Gasteiger partial charge is 0.159 e. The van der Waals surface area contributed by atoms with Gasteiger partial charge in [0.1, 0.15) is 10.0 Å². The van der Waals surface area contributed by atoms with Crippen molar-refractivity contribution in [2.75, 3.05) is 7.11 Å². The second-order valence-electron chi connectivity index (χ2n) is 6.60. The predicted octanol–water partition coefficient (Wildman–Crippen LogP) is 14.0. The molecular weight excluding hydrogens is 753 g/mol. The second kappa shape index (κ2) is 11.9. The molecule has 0 atom stereocenters. The summed E-state index contributed by atoms with van der Waals surface area (Å²) >= 11 is 90.5. The van der Waals surface area contributed by atoms with E-state index in [1.807, 2.05) is 0 Å². The third-order valence-corrected chi connectivity index (χ3v) is 11.1. The topological polar surface area (TPSA) is 9.23 Å². The first-order chi connectivity index (χ1) is 16.2. The molecule has 1 nitrogen and oxygen atoms in total. The summed E-state index contributed by atoms with van der Waals surface area (Å²) in [6, 6.07) is 0. The van der Waals surface area contributed by atoms with E-state index in [4.69, 9.17) is 167 Å². The summed E-state index contributed by atoms with van der Waals surface area (Å²) in [6.07, 6.45) is 0. The van der Waals surface area contributed by atoms with Gasteiger partial charge in [-0.15, -0.1) is 0 Å². The highest BCUT2D eigenvalue weighted by molar-refractivity contribution is 6.57. The van der Waals surface area contributed by atoms with Crippen molar-refractivity contribution in [1.82, 2.24) is 0 Å². The van der Waals surface area contributed by atoms with E-state index in [1.54, 1.807) is 0 Å². The maximum atomic E-state index is 6.67. The maximum Gasteiger partial charge on any atom is 0.159 e. The van der Waals surface area contributed by atoms with Crippen LogP contribution in [-0.2, 0) is 0 Å². The average Bonchev–Trinajstić information content (AvgIpc) is 2.83. The minimum Gasteiger partial charge on any atom is -0.494 e. The van der Waals surface area contributed by atoms with Crippen LogP contribution in [0, 0.1) is 0 Å². The molecule has 0 amide bonds. The molecular formula is C20H4Cl14O. The van der Waals surface area contributed by atoms with Gasteiger partial charge in [0.05, 0.1) is 67.4 Å². The monoisotopic (exact) mass is 750 g/mol. The number of methoxy groups -OCH3 is 1. The summed E-state index contributed by atoms with van der Waals surface area (Å²) in [5.41, 5.74) is 0.153. The van der Waals surface area contributed by atoms with E-state index in [9.17, 15) is 0 Å². The molecule has 0 unspecified atom stereocenters. The van der Waals surface area contributed by atoms with Gasteiger partial charge in [-0.3, -0.25) is 0 Å². The van der Waals surface area contributed by atoms with Crippen LogP contribution in [0.5, 0.6) is 5.75 Å². The molecule has 0 aliphatic rings. The van der Waals surface area contributed by atoms with Gasteiger partial charge in [-0.2, -0.15) is 0 Å². The highest BCUT2D eigenvalue weighted by Crippen LogP contribution is 2.58. The van der Waals surface area contributed by atoms with Gasteiger partial charge < -0.3 is 4.74 Å². The van der Waals surface area contributed by atoms with Crippen molar-refractivity contribution < 1.29 is 4.74 Å². The lowest BCUT2D eigenvalue weighted by Crippen LogP contribution is -2.11. The van der Waals surface area contributed by atoms with E-state index in [-0.39, 0.29) is 92.8 Å². The summed E-state index contributed by atoms with van der Waals surface area (Å²) in [7, 11) is 1.33. The minimum absolute atomic E-state index is 0.0135. The summed E-state index contributed by atoms with van der Waals surface area (Å²) in [6.45, 7) is 0. The molecule has 0 bridgehead atoms. The Morgan fingerprint density at radius 1 is 0.343 bits per heavy atom. The summed E-state index contributed by atoms with van der Waals surface area (Å²) in [4.78, 5) is 0. The van der Waals surface area contributed by atoms with E-state index < -0.39 is 5.92 Å². The molecule has 0 saturated carbocycles. The predicted molar refractivity (Wildman–Crippen MR) is 157 cm³/mol. The van der Waals surface area contributed by atoms with Gasteiger partial charge in [0.2, 0.25) is 0 Å². The number of hydrogen-bond donors (Lipinski definition) is 0. The van der Waals surface area contributed by atoms with E-state index >= 15 is 0 Å². The lowest BCUT2D eigenvalue weighted by molar-refractivity contribution is 0.415. The third-order valence-electron chi connectivity index (χ3n) is 4.81. The number of ether oxygens (including phenoxy) is 1. The quantitative estimate of drug-likeness (QED) is 0.146. The van der Waals surface area contributed by atoms with Crippen molar-refractivity contribution in [1.29, 1.82) is 0 Å². The molecule has 0 fully saturated rings. The Kier molecular flexibility index (Phi) is 10.6. The van der Waals surface area contributed by atoms with Crippen LogP contribution in [0.3, 0.4) is 0 Å². The first-order valence-electron chi connectivity index (χ1n) is 8.62. The van der Waals surface area contributed by atoms with Crippen LogP contribution in [0.2, 0.25) is 70.3 Å². The summed E-state index contributed by atoms with van der Waals surface area (Å²) < 4.78 is 5.23. The first-order valence-corrected chi connectivity index (χ1v) is 13.9. The Hall–Kier alpha value is 1.52. The van der Waals surface area contributed by atoms with Gasteiger partial charge in [-0.1, -0.05) is 162 Å². The molecule has 0 heterocycles. The van der Waals surface area contributed by atoms with Gasteiger partial charge in [0.25, 0.3) is 0 Å². The SMILES string of the molecule is COc1c(Cl)c(Cl)c(C(c2c(Cl)c(Cl)c(Cl)c(Cl)c2Cl)c2c(Cl)c(Cl)c(Cl)c(Cl)c2Cl)c(Cl)c1Cl. The van der Waals surface area contributed by atoms with Crippen LogP contribution < -0.4 is 4.74 Å². The molecule has 0 N–H and O–H groups in total. The third kappa shape index (κ3) is 5.21. The zero-order valence-electron chi connectivity index (χ0n) is 16.3. The number of hydrogen-bond acceptors (Lipinski definition) is 1. The fourth-order valence-electron chi connectivity index (χ4n) is 3.24. The number of rotatable bonds is 4. The Labute approximate surface area is 270 Å². The van der Waals surface area contributed by atoms with Crippen molar-refractivity contribution in [3.8, 4) is 5.75 Å². The van der Waals surface area contributed by atoms with E-state index in [1.165, 1.54) is 7.11 Å². The molecule has 15 heteroatoms. The maximum absolute atomic E-state index is 6.67. The van der Waals surface area contributed by atoms with E-state index in [2.05, 4.69) is 0 Å². The highest BCUT2D eigenvalue weighted by Gasteiger charge is 2.37. The normalized spacial score (nSPS) is 11.5. The minimum atomic E-state index is -1.24. The Morgan fingerprint density at radius 3 is 0.771 bits per heavy atom. The molecule has 3 aromatic rings. The Balaban J connectivity index is 2.68. The largest absolute Gasteiger partial charge is 0.494 e. The zero-order valence-corrected chi connectivity index (χ0v) is 26.9. The first kappa shape index (κ1) is 31.1. The van der Waals surface area contributed by atoms with Gasteiger partial charge in [0, 0.05) is 22.6 Å². The molecule has 3 rings (SSSR count). The molecule has 35 heavy (non-hydrogen) atoms. The van der Waals surface area contributed by atoms with Gasteiger partial charge in [-0.25, -0.2) is 0 Å². The van der Waals surface area contributed by atoms with Crippen LogP contribution in [0.1, 0.15) is 22.6 Å². The van der Waals surface area contributed by atoms with Crippen LogP contribution >= 0.6 is 162 Å². The van der Waals surface area contributed by atoms with Gasteiger partial charge in [0.15, 0.2) is 5.75 Å². The van der Waals surface area contributed by atoms with E-state index in [0.29, 0.717) is 0 Å². The molecule has 0 aliphatic heterocycles. The van der Waals surface area contributed by atoms with Crippen molar-refractivity contribution in [2.24, 2.45) is 0 Å². The van der Waals surface area contributed by atoms with Crippen molar-refractivity contribution in [2.45, 2.75) is 5.92 Å². The van der Waals surface area contributed by atoms with Gasteiger partial charge in [-0.05, 0) is 0 Å². The second-order valence-corrected chi connectivity index (χ2v) is 11.9. The average molecular weight is 757 g/mol. The zero-order chi connectivity index (χ0) is 26.7. The van der Waals surface area contributed by atoms with Crippen molar-refractivity contribution in [3.05, 3.63) is 87.0 Å². The standard InChI is InChI=1S/C20H4Cl14O/c1-35-20-18(33)10(25)5(11(26)19(20)34)2(3-6(21)12(27)16(31)13(28)7(3)22)4-8(23)14(29)17(32)15(30)9(4)24/h2H,1H3. The number of halogens is 14. The van der Waals surface area contributed by atoms with Crippen LogP contribution in [0.15, 0.2) is 0 Å². The fourth-order valence-corrected chi connectivity index (χ4v) is 7.21. The lowest BCUT2D eigenvalue weighted by Gasteiger charge is -2.28. The molecule has 0 radical (unpaired) electrons. The molecule has 0 aromatic heterocycles. The van der Waals surface area contributed by atoms with E-state index in [0.717, 1.165) is 0 Å². The summed E-state index contributed by atoms with van der Waals surface area (Å²) in [5, 5.41) is -1.58. The van der Waals surface area contributed by atoms with Gasteiger partial charge >= 0.3 is 0 Å². The number of benzene rings is 3. The van der Waals surface area contributed by atoms with Crippen molar-refractivity contribution in [3.63, 3.8) is 0 Å². The van der Waals surface area contributed by atoms with Crippen molar-refractivity contribution >= 4 is 162 Å². The Morgan fingerprint density at radius 2 is 0.543 bits per heavy atom. The summed E-state index contributed by atoms with van der Waals surface area (Å²) in [5.74, 6) is -1.23. The molecule has 3 aromatic carbocycles. The Bertz CT molecular complexity index is 1230. The molecule has 0 saturated heterocycles. The molecule has 0 spiro atoms. The fraction of sp³-hybridized carbons (Fsp3) is 0.100. The molecule has 0 aliphatic carbocycles. The van der Waals surface area contributed by atoms with Crippen LogP contribution in [0.25, 0.3) is 0 Å². The highest BCUT2D eigenvalue weighted by atomic mass is 35.5. The molecule has 188 valence electrons. The van der Waals surface area contributed by atoms with Crippen LogP contribution in [-0.4, -0.2) is 7.11 Å². The van der Waals surface area contributed by atoms with Crippen LogP contribution in [0.4, 0.5) is 0 Å².